The van der Waals surface area contributed by atoms with Crippen molar-refractivity contribution in [2.45, 2.75) is 40.2 Å². The van der Waals surface area contributed by atoms with Crippen molar-refractivity contribution < 1.29 is 9.53 Å². The van der Waals surface area contributed by atoms with Crippen molar-refractivity contribution in [2.75, 3.05) is 26.8 Å². The van der Waals surface area contributed by atoms with E-state index < -0.39 is 0 Å². The molecule has 0 saturated carbocycles. The van der Waals surface area contributed by atoms with Crippen LogP contribution in [-0.2, 0) is 9.53 Å². The van der Waals surface area contributed by atoms with Crippen molar-refractivity contribution in [3.8, 4) is 0 Å². The molecule has 0 heterocycles. The Labute approximate surface area is 105 Å². The van der Waals surface area contributed by atoms with Gasteiger partial charge in [-0.15, -0.1) is 0 Å². The molecule has 0 radical (unpaired) electrons. The second-order valence-electron chi connectivity index (χ2n) is 5.21. The quantitative estimate of drug-likeness (QED) is 0.645. The van der Waals surface area contributed by atoms with Gasteiger partial charge in [-0.05, 0) is 11.8 Å². The largest absolute Gasteiger partial charge is 0.383 e. The van der Waals surface area contributed by atoms with Crippen LogP contribution in [-0.4, -0.2) is 38.8 Å². The lowest BCUT2D eigenvalue weighted by atomic mass is 10.1. The molecule has 0 aromatic rings. The fourth-order valence-electron chi connectivity index (χ4n) is 1.44. The third-order valence-corrected chi connectivity index (χ3v) is 2.62. The summed E-state index contributed by atoms with van der Waals surface area (Å²) < 4.78 is 5.14. The molecule has 102 valence electrons. The molecule has 4 heteroatoms. The first kappa shape index (κ1) is 16.4. The Hall–Kier alpha value is -0.610. The van der Waals surface area contributed by atoms with E-state index in [1.165, 1.54) is 0 Å². The van der Waals surface area contributed by atoms with E-state index in [-0.39, 0.29) is 5.91 Å². The Morgan fingerprint density at radius 3 is 2.35 bits per heavy atom. The number of nitrogens with one attached hydrogen (secondary N) is 2. The highest BCUT2D eigenvalue weighted by Gasteiger charge is 2.12. The molecule has 0 aliphatic heterocycles. The maximum absolute atomic E-state index is 11.5. The monoisotopic (exact) mass is 244 g/mol. The van der Waals surface area contributed by atoms with Gasteiger partial charge in [-0.25, -0.2) is 0 Å². The highest BCUT2D eigenvalue weighted by molar-refractivity contribution is 5.76. The lowest BCUT2D eigenvalue weighted by Crippen LogP contribution is -2.40. The first-order chi connectivity index (χ1) is 7.97. The molecule has 0 saturated heterocycles. The van der Waals surface area contributed by atoms with E-state index in [2.05, 4.69) is 38.3 Å². The summed E-state index contributed by atoms with van der Waals surface area (Å²) in [6.07, 6.45) is 0.527. The fraction of sp³-hybridized carbons (Fsp3) is 0.923. The summed E-state index contributed by atoms with van der Waals surface area (Å²) in [6, 6.07) is 0.317. The number of hydrogen-bond acceptors (Lipinski definition) is 3. The zero-order chi connectivity index (χ0) is 13.3. The number of ether oxygens (including phenoxy) is 1. The van der Waals surface area contributed by atoms with E-state index in [1.807, 2.05) is 0 Å². The number of methoxy groups -OCH3 is 1. The van der Waals surface area contributed by atoms with Crippen LogP contribution in [0.2, 0.25) is 0 Å². The summed E-state index contributed by atoms with van der Waals surface area (Å²) in [4.78, 5) is 11.5. The van der Waals surface area contributed by atoms with E-state index in [0.29, 0.717) is 37.5 Å². The molecule has 0 bridgehead atoms. The van der Waals surface area contributed by atoms with E-state index in [9.17, 15) is 4.79 Å². The van der Waals surface area contributed by atoms with Crippen LogP contribution in [0.15, 0.2) is 0 Å². The van der Waals surface area contributed by atoms with Gasteiger partial charge in [-0.3, -0.25) is 4.79 Å². The summed E-state index contributed by atoms with van der Waals surface area (Å²) in [5, 5.41) is 6.26. The molecule has 0 aromatic heterocycles. The van der Waals surface area contributed by atoms with Crippen molar-refractivity contribution in [3.63, 3.8) is 0 Å². The molecule has 0 spiro atoms. The molecule has 0 aliphatic carbocycles. The molecule has 0 rings (SSSR count). The topological polar surface area (TPSA) is 50.4 Å². The third kappa shape index (κ3) is 9.12. The van der Waals surface area contributed by atoms with E-state index in [4.69, 9.17) is 4.74 Å². The van der Waals surface area contributed by atoms with E-state index in [1.54, 1.807) is 7.11 Å². The van der Waals surface area contributed by atoms with Gasteiger partial charge in [0.25, 0.3) is 0 Å². The van der Waals surface area contributed by atoms with Crippen molar-refractivity contribution in [3.05, 3.63) is 0 Å². The molecule has 0 fully saturated rings. The van der Waals surface area contributed by atoms with Gasteiger partial charge in [-0.2, -0.15) is 0 Å². The molecule has 1 amide bonds. The van der Waals surface area contributed by atoms with Crippen LogP contribution in [0.1, 0.15) is 34.1 Å². The predicted octanol–water partition coefficient (Wildman–Crippen LogP) is 1.41. The Morgan fingerprint density at radius 1 is 1.24 bits per heavy atom. The average molecular weight is 244 g/mol. The Bertz CT molecular complexity index is 206. The average Bonchev–Trinajstić information content (AvgIpc) is 2.25. The molecule has 1 atom stereocenters. The maximum atomic E-state index is 11.5. The van der Waals surface area contributed by atoms with Crippen LogP contribution in [0.5, 0.6) is 0 Å². The second kappa shape index (κ2) is 9.42. The Morgan fingerprint density at radius 2 is 1.88 bits per heavy atom. The van der Waals surface area contributed by atoms with Crippen LogP contribution < -0.4 is 10.6 Å². The molecule has 0 aliphatic rings. The number of hydrogen-bond donors (Lipinski definition) is 2. The van der Waals surface area contributed by atoms with Crippen molar-refractivity contribution in [2.24, 2.45) is 11.8 Å². The maximum Gasteiger partial charge on any atom is 0.221 e. The van der Waals surface area contributed by atoms with Gasteiger partial charge in [0.05, 0.1) is 6.61 Å². The highest BCUT2D eigenvalue weighted by Crippen LogP contribution is 2.01. The number of amides is 1. The van der Waals surface area contributed by atoms with Gasteiger partial charge in [0, 0.05) is 32.7 Å². The smallest absolute Gasteiger partial charge is 0.221 e. The minimum absolute atomic E-state index is 0.117. The molecule has 2 N–H and O–H groups in total. The molecule has 0 aromatic carbocycles. The molecule has 4 nitrogen and oxygen atoms in total. The van der Waals surface area contributed by atoms with Crippen LogP contribution in [0, 0.1) is 11.8 Å². The second-order valence-corrected chi connectivity index (χ2v) is 5.21. The van der Waals surface area contributed by atoms with Crippen LogP contribution >= 0.6 is 0 Å². The van der Waals surface area contributed by atoms with Gasteiger partial charge < -0.3 is 15.4 Å². The lowest BCUT2D eigenvalue weighted by Gasteiger charge is -2.21. The molecule has 17 heavy (non-hydrogen) atoms. The summed E-state index contributed by atoms with van der Waals surface area (Å²) in [5.41, 5.74) is 0. The zero-order valence-corrected chi connectivity index (χ0v) is 11.9. The van der Waals surface area contributed by atoms with E-state index >= 15 is 0 Å². The third-order valence-electron chi connectivity index (χ3n) is 2.62. The Balaban J connectivity index is 3.69. The van der Waals surface area contributed by atoms with Crippen molar-refractivity contribution in [1.82, 2.24) is 10.6 Å². The number of carbonyl (C=O) groups excluding carboxylic acids is 1. The first-order valence-electron chi connectivity index (χ1n) is 6.46. The zero-order valence-electron chi connectivity index (χ0n) is 11.9. The van der Waals surface area contributed by atoms with Crippen LogP contribution in [0.4, 0.5) is 0 Å². The van der Waals surface area contributed by atoms with Crippen LogP contribution in [0.3, 0.4) is 0 Å². The number of carbonyl (C=O) groups is 1. The lowest BCUT2D eigenvalue weighted by molar-refractivity contribution is -0.121. The highest BCUT2D eigenvalue weighted by atomic mass is 16.5. The minimum Gasteiger partial charge on any atom is -0.383 e. The summed E-state index contributed by atoms with van der Waals surface area (Å²) in [7, 11) is 1.70. The van der Waals surface area contributed by atoms with Crippen molar-refractivity contribution >= 4 is 5.91 Å². The van der Waals surface area contributed by atoms with Crippen molar-refractivity contribution in [1.29, 1.82) is 0 Å². The first-order valence-corrected chi connectivity index (χ1v) is 6.46. The fourth-order valence-corrected chi connectivity index (χ4v) is 1.44. The number of rotatable bonds is 9. The minimum atomic E-state index is 0.117. The normalized spacial score (nSPS) is 13.1. The van der Waals surface area contributed by atoms with E-state index in [0.717, 1.165) is 6.54 Å². The van der Waals surface area contributed by atoms with Gasteiger partial charge in [0.1, 0.15) is 0 Å². The summed E-state index contributed by atoms with van der Waals surface area (Å²) >= 11 is 0. The SMILES string of the molecule is COCC(NCCC(=O)NCC(C)C)C(C)C. The summed E-state index contributed by atoms with van der Waals surface area (Å²) in [5.74, 6) is 1.13. The molecular formula is C13H28N2O2. The van der Waals surface area contributed by atoms with Crippen LogP contribution in [0.25, 0.3) is 0 Å². The van der Waals surface area contributed by atoms with Gasteiger partial charge >= 0.3 is 0 Å². The van der Waals surface area contributed by atoms with Gasteiger partial charge in [0.15, 0.2) is 0 Å². The predicted molar refractivity (Wildman–Crippen MR) is 71.0 cm³/mol. The standard InChI is InChI=1S/C13H28N2O2/c1-10(2)8-15-13(16)6-7-14-12(9-17-5)11(3)4/h10-12,14H,6-9H2,1-5H3,(H,15,16). The summed E-state index contributed by atoms with van der Waals surface area (Å²) in [6.45, 7) is 10.6. The molecule has 1 unspecified atom stereocenters. The van der Waals surface area contributed by atoms with Gasteiger partial charge in [0.2, 0.25) is 5.91 Å². The Kier molecular flexibility index (Phi) is 9.09. The van der Waals surface area contributed by atoms with Gasteiger partial charge in [-0.1, -0.05) is 27.7 Å². The molecular weight excluding hydrogens is 216 g/mol.